The Labute approximate surface area is 191 Å². The zero-order valence-corrected chi connectivity index (χ0v) is 19.1. The number of rotatable bonds is 6. The molecule has 2 aliphatic rings. The summed E-state index contributed by atoms with van der Waals surface area (Å²) in [5.74, 6) is 1.33. The van der Waals surface area contributed by atoms with Gasteiger partial charge >= 0.3 is 0 Å². The molecule has 32 heavy (non-hydrogen) atoms. The van der Waals surface area contributed by atoms with E-state index >= 15 is 0 Å². The number of amides is 2. The van der Waals surface area contributed by atoms with Gasteiger partial charge in [0.25, 0.3) is 5.91 Å². The molecule has 2 aromatic carbocycles. The summed E-state index contributed by atoms with van der Waals surface area (Å²) in [5.41, 5.74) is 2.96. The fraction of sp³-hybridized carbons (Fsp3) is 0.481. The van der Waals surface area contributed by atoms with Crippen LogP contribution in [0.1, 0.15) is 53.6 Å². The number of carbonyl (C=O) groups excluding carboxylic acids is 2. The lowest BCUT2D eigenvalue weighted by Crippen LogP contribution is -2.42. The lowest BCUT2D eigenvalue weighted by molar-refractivity contribution is -0.132. The molecule has 2 fully saturated rings. The Balaban J connectivity index is 1.30. The number of ether oxygens (including phenoxy) is 1. The van der Waals surface area contributed by atoms with Crippen LogP contribution >= 0.6 is 0 Å². The van der Waals surface area contributed by atoms with Crippen molar-refractivity contribution in [2.45, 2.75) is 45.4 Å². The van der Waals surface area contributed by atoms with Crippen LogP contribution in [0.15, 0.2) is 48.5 Å². The first-order valence-corrected chi connectivity index (χ1v) is 11.9. The molecule has 0 aromatic heterocycles. The van der Waals surface area contributed by atoms with Crippen LogP contribution in [0.2, 0.25) is 0 Å². The molecule has 0 saturated carbocycles. The fourth-order valence-electron chi connectivity index (χ4n) is 4.72. The van der Waals surface area contributed by atoms with Gasteiger partial charge in [-0.05, 0) is 68.4 Å². The molecule has 4 rings (SSSR count). The van der Waals surface area contributed by atoms with Crippen molar-refractivity contribution in [1.29, 1.82) is 0 Å². The highest BCUT2D eigenvalue weighted by atomic mass is 16.5. The second-order valence-corrected chi connectivity index (χ2v) is 9.14. The zero-order chi connectivity index (χ0) is 22.3. The molecule has 2 amide bonds. The molecule has 0 unspecified atom stereocenters. The van der Waals surface area contributed by atoms with E-state index in [1.165, 1.54) is 6.42 Å². The molecule has 0 radical (unpaired) electrons. The number of likely N-dealkylation sites (tertiary alicyclic amines) is 2. The minimum absolute atomic E-state index is 0.0980. The molecule has 2 aromatic rings. The van der Waals surface area contributed by atoms with Gasteiger partial charge in [0.05, 0.1) is 13.0 Å². The van der Waals surface area contributed by atoms with Crippen LogP contribution in [0.25, 0.3) is 0 Å². The SMILES string of the molecule is Cc1ccccc1CC(=O)N1CCC[C@H](COc2cccc(C(=O)N3CCCCC3)c2)C1. The third-order valence-electron chi connectivity index (χ3n) is 6.68. The summed E-state index contributed by atoms with van der Waals surface area (Å²) in [5, 5.41) is 0. The number of benzene rings is 2. The lowest BCUT2D eigenvalue weighted by atomic mass is 9.97. The smallest absolute Gasteiger partial charge is 0.253 e. The largest absolute Gasteiger partial charge is 0.493 e. The Bertz CT molecular complexity index is 936. The van der Waals surface area contributed by atoms with E-state index in [1.54, 1.807) is 0 Å². The van der Waals surface area contributed by atoms with Gasteiger partial charge in [-0.1, -0.05) is 30.3 Å². The summed E-state index contributed by atoms with van der Waals surface area (Å²) in [7, 11) is 0. The standard InChI is InChI=1S/C27H34N2O3/c1-21-9-3-4-11-23(21)18-26(30)29-16-8-10-22(19-29)20-32-25-13-7-12-24(17-25)27(31)28-14-5-2-6-15-28/h3-4,7,9,11-13,17,22H,2,5-6,8,10,14-16,18-20H2,1H3/t22-/m0/s1. The summed E-state index contributed by atoms with van der Waals surface area (Å²) in [6.45, 7) is 5.87. The number of hydrogen-bond acceptors (Lipinski definition) is 3. The highest BCUT2D eigenvalue weighted by Gasteiger charge is 2.25. The minimum Gasteiger partial charge on any atom is -0.493 e. The van der Waals surface area contributed by atoms with E-state index in [-0.39, 0.29) is 11.8 Å². The molecular weight excluding hydrogens is 400 g/mol. The van der Waals surface area contributed by atoms with Crippen molar-refractivity contribution in [3.05, 3.63) is 65.2 Å². The van der Waals surface area contributed by atoms with E-state index in [4.69, 9.17) is 4.74 Å². The minimum atomic E-state index is 0.0980. The molecular formula is C27H34N2O3. The van der Waals surface area contributed by atoms with E-state index in [0.29, 0.717) is 24.5 Å². The highest BCUT2D eigenvalue weighted by Crippen LogP contribution is 2.22. The molecule has 0 bridgehead atoms. The molecule has 0 N–H and O–H groups in total. The van der Waals surface area contributed by atoms with Gasteiger partial charge in [0, 0.05) is 37.7 Å². The Morgan fingerprint density at radius 3 is 2.53 bits per heavy atom. The molecule has 0 spiro atoms. The maximum absolute atomic E-state index is 12.9. The number of piperidine rings is 2. The van der Waals surface area contributed by atoms with E-state index in [1.807, 2.05) is 52.3 Å². The maximum Gasteiger partial charge on any atom is 0.253 e. The second-order valence-electron chi connectivity index (χ2n) is 9.14. The quantitative estimate of drug-likeness (QED) is 0.674. The van der Waals surface area contributed by atoms with E-state index < -0.39 is 0 Å². The normalized spacial score (nSPS) is 19.0. The van der Waals surface area contributed by atoms with Crippen molar-refractivity contribution in [2.24, 2.45) is 5.92 Å². The predicted molar refractivity (Wildman–Crippen MR) is 126 cm³/mol. The van der Waals surface area contributed by atoms with Crippen molar-refractivity contribution < 1.29 is 14.3 Å². The molecule has 5 heteroatoms. The number of aryl methyl sites for hydroxylation is 1. The molecule has 5 nitrogen and oxygen atoms in total. The van der Waals surface area contributed by atoms with Gasteiger partial charge in [0.1, 0.15) is 5.75 Å². The van der Waals surface area contributed by atoms with E-state index in [9.17, 15) is 9.59 Å². The molecule has 1 atom stereocenters. The average molecular weight is 435 g/mol. The summed E-state index contributed by atoms with van der Waals surface area (Å²) in [4.78, 5) is 29.6. The van der Waals surface area contributed by atoms with Crippen LogP contribution < -0.4 is 4.74 Å². The van der Waals surface area contributed by atoms with Gasteiger partial charge in [-0.15, -0.1) is 0 Å². The van der Waals surface area contributed by atoms with Gasteiger partial charge in [-0.2, -0.15) is 0 Å². The van der Waals surface area contributed by atoms with Crippen molar-refractivity contribution in [3.63, 3.8) is 0 Å². The molecule has 2 heterocycles. The van der Waals surface area contributed by atoms with E-state index in [0.717, 1.165) is 68.7 Å². The third kappa shape index (κ3) is 5.70. The number of hydrogen-bond donors (Lipinski definition) is 0. The summed E-state index contributed by atoms with van der Waals surface area (Å²) < 4.78 is 6.08. The molecule has 170 valence electrons. The first-order chi connectivity index (χ1) is 15.6. The summed E-state index contributed by atoms with van der Waals surface area (Å²) in [6.07, 6.45) is 5.90. The summed E-state index contributed by atoms with van der Waals surface area (Å²) in [6, 6.07) is 15.6. The first kappa shape index (κ1) is 22.4. The number of nitrogens with zero attached hydrogens (tertiary/aromatic N) is 2. The maximum atomic E-state index is 12.9. The van der Waals surface area contributed by atoms with Crippen molar-refractivity contribution >= 4 is 11.8 Å². The van der Waals surface area contributed by atoms with Crippen LogP contribution in [0, 0.1) is 12.8 Å². The third-order valence-corrected chi connectivity index (χ3v) is 6.68. The van der Waals surface area contributed by atoms with Gasteiger partial charge in [0.15, 0.2) is 0 Å². The predicted octanol–water partition coefficient (Wildman–Crippen LogP) is 4.48. The lowest BCUT2D eigenvalue weighted by Gasteiger charge is -2.33. The highest BCUT2D eigenvalue weighted by molar-refractivity contribution is 5.94. The topological polar surface area (TPSA) is 49.9 Å². The molecule has 0 aliphatic carbocycles. The molecule has 2 saturated heterocycles. The Morgan fingerprint density at radius 2 is 1.72 bits per heavy atom. The van der Waals surface area contributed by atoms with Crippen molar-refractivity contribution in [1.82, 2.24) is 9.80 Å². The Kier molecular flexibility index (Phi) is 7.46. The van der Waals surface area contributed by atoms with Crippen molar-refractivity contribution in [2.75, 3.05) is 32.8 Å². The first-order valence-electron chi connectivity index (χ1n) is 11.9. The van der Waals surface area contributed by atoms with Crippen LogP contribution in [0.4, 0.5) is 0 Å². The summed E-state index contributed by atoms with van der Waals surface area (Å²) >= 11 is 0. The Hall–Kier alpha value is -2.82. The fourth-order valence-corrected chi connectivity index (χ4v) is 4.72. The van der Waals surface area contributed by atoms with Gasteiger partial charge in [0.2, 0.25) is 5.91 Å². The van der Waals surface area contributed by atoms with Crippen LogP contribution in [-0.4, -0.2) is 54.4 Å². The van der Waals surface area contributed by atoms with Gasteiger partial charge < -0.3 is 14.5 Å². The van der Waals surface area contributed by atoms with Crippen molar-refractivity contribution in [3.8, 4) is 5.75 Å². The number of carbonyl (C=O) groups is 2. The van der Waals surface area contributed by atoms with E-state index in [2.05, 4.69) is 13.0 Å². The van der Waals surface area contributed by atoms with Gasteiger partial charge in [-0.3, -0.25) is 9.59 Å². The van der Waals surface area contributed by atoms with Crippen LogP contribution in [0.3, 0.4) is 0 Å². The van der Waals surface area contributed by atoms with Crippen LogP contribution in [0.5, 0.6) is 5.75 Å². The second kappa shape index (κ2) is 10.7. The zero-order valence-electron chi connectivity index (χ0n) is 19.1. The van der Waals surface area contributed by atoms with Crippen LogP contribution in [-0.2, 0) is 11.2 Å². The average Bonchev–Trinajstić information content (AvgIpc) is 2.84. The Morgan fingerprint density at radius 1 is 0.938 bits per heavy atom. The van der Waals surface area contributed by atoms with Gasteiger partial charge in [-0.25, -0.2) is 0 Å². The molecule has 2 aliphatic heterocycles. The monoisotopic (exact) mass is 434 g/mol.